The SMILES string of the molecule is CC(C)(CCC1OC1(C)C)OCCC(C)(C)OCN1C(=O)c2cccc(O)c2Nc2c(O)cc(O)cc21. The number of phenols is 3. The predicted molar refractivity (Wildman–Crippen MR) is 141 cm³/mol. The van der Waals surface area contributed by atoms with Crippen molar-refractivity contribution in [2.75, 3.05) is 23.6 Å². The highest BCUT2D eigenvalue weighted by molar-refractivity contribution is 6.15. The molecule has 0 aromatic heterocycles. The molecule has 1 amide bonds. The standard InChI is InChI=1S/C28H38N2O7/c1-26(2,11-10-22-28(5,6)37-22)35-13-12-27(3,4)36-16-30-19-14-17(31)15-21(33)24(19)29-23-18(25(30)34)8-7-9-20(23)32/h7-9,14-15,22,29,31-33H,10-13,16H2,1-6H3. The molecule has 0 saturated carbocycles. The van der Waals surface area contributed by atoms with Crippen molar-refractivity contribution in [2.24, 2.45) is 0 Å². The minimum absolute atomic E-state index is 0.0301. The van der Waals surface area contributed by atoms with Crippen molar-refractivity contribution >= 4 is 23.0 Å². The fourth-order valence-corrected chi connectivity index (χ4v) is 4.47. The van der Waals surface area contributed by atoms with E-state index in [-0.39, 0.29) is 63.9 Å². The van der Waals surface area contributed by atoms with E-state index in [1.54, 1.807) is 12.1 Å². The number of epoxide rings is 1. The van der Waals surface area contributed by atoms with Gasteiger partial charge < -0.3 is 34.8 Å². The smallest absolute Gasteiger partial charge is 0.262 e. The Morgan fingerprint density at radius 3 is 2.35 bits per heavy atom. The third-order valence-electron chi connectivity index (χ3n) is 7.09. The number of nitrogens with one attached hydrogen (secondary N) is 1. The minimum Gasteiger partial charge on any atom is -0.508 e. The summed E-state index contributed by atoms with van der Waals surface area (Å²) in [5.74, 6) is -1.05. The number of fused-ring (bicyclic) bond motifs is 2. The van der Waals surface area contributed by atoms with E-state index in [0.29, 0.717) is 13.0 Å². The number of ether oxygens (including phenoxy) is 3. The number of hydrogen-bond donors (Lipinski definition) is 4. The molecule has 9 nitrogen and oxygen atoms in total. The lowest BCUT2D eigenvalue weighted by Gasteiger charge is -2.32. The van der Waals surface area contributed by atoms with Crippen molar-refractivity contribution in [3.05, 3.63) is 35.9 Å². The molecule has 0 spiro atoms. The summed E-state index contributed by atoms with van der Waals surface area (Å²) >= 11 is 0. The van der Waals surface area contributed by atoms with E-state index in [1.165, 1.54) is 23.1 Å². The molecule has 202 valence electrons. The van der Waals surface area contributed by atoms with E-state index < -0.39 is 11.5 Å². The lowest BCUT2D eigenvalue weighted by Crippen LogP contribution is -2.38. The first-order chi connectivity index (χ1) is 17.2. The molecule has 2 aliphatic heterocycles. The fraction of sp³-hybridized carbons (Fsp3) is 0.536. The number of para-hydroxylation sites is 1. The largest absolute Gasteiger partial charge is 0.508 e. The molecular formula is C28H38N2O7. The summed E-state index contributed by atoms with van der Waals surface area (Å²) in [5.41, 5.74) is -0.172. The first-order valence-electron chi connectivity index (χ1n) is 12.6. The molecule has 9 heteroatoms. The Labute approximate surface area is 218 Å². The highest BCUT2D eigenvalue weighted by atomic mass is 16.6. The Balaban J connectivity index is 1.43. The summed E-state index contributed by atoms with van der Waals surface area (Å²) in [6.45, 7) is 12.5. The molecule has 4 rings (SSSR count). The molecule has 0 aliphatic carbocycles. The van der Waals surface area contributed by atoms with Crippen LogP contribution in [0, 0.1) is 0 Å². The van der Waals surface area contributed by atoms with Gasteiger partial charge in [-0.2, -0.15) is 0 Å². The summed E-state index contributed by atoms with van der Waals surface area (Å²) in [6.07, 6.45) is 2.69. The predicted octanol–water partition coefficient (Wildman–Crippen LogP) is 5.40. The van der Waals surface area contributed by atoms with E-state index in [9.17, 15) is 20.1 Å². The quantitative estimate of drug-likeness (QED) is 0.189. The zero-order valence-corrected chi connectivity index (χ0v) is 22.4. The Morgan fingerprint density at radius 2 is 1.68 bits per heavy atom. The van der Waals surface area contributed by atoms with Crippen LogP contribution in [0.3, 0.4) is 0 Å². The van der Waals surface area contributed by atoms with Crippen LogP contribution in [-0.2, 0) is 14.2 Å². The maximum atomic E-state index is 13.5. The van der Waals surface area contributed by atoms with E-state index >= 15 is 0 Å². The summed E-state index contributed by atoms with van der Waals surface area (Å²) in [6, 6.07) is 7.13. The van der Waals surface area contributed by atoms with Crippen LogP contribution in [0.1, 0.15) is 71.2 Å². The van der Waals surface area contributed by atoms with Crippen molar-refractivity contribution < 1.29 is 34.3 Å². The number of carbonyl (C=O) groups excluding carboxylic acids is 1. The Bertz CT molecular complexity index is 1180. The van der Waals surface area contributed by atoms with Gasteiger partial charge in [-0.1, -0.05) is 6.07 Å². The molecule has 37 heavy (non-hydrogen) atoms. The van der Waals surface area contributed by atoms with Gasteiger partial charge >= 0.3 is 0 Å². The van der Waals surface area contributed by atoms with E-state index in [4.69, 9.17) is 14.2 Å². The molecule has 4 N–H and O–H groups in total. The summed E-state index contributed by atoms with van der Waals surface area (Å²) < 4.78 is 18.0. The lowest BCUT2D eigenvalue weighted by molar-refractivity contribution is -0.0740. The van der Waals surface area contributed by atoms with Gasteiger partial charge in [-0.15, -0.1) is 0 Å². The van der Waals surface area contributed by atoms with Crippen molar-refractivity contribution in [2.45, 2.75) is 83.7 Å². The van der Waals surface area contributed by atoms with E-state index in [0.717, 1.165) is 12.8 Å². The van der Waals surface area contributed by atoms with Crippen LogP contribution in [0.15, 0.2) is 30.3 Å². The maximum Gasteiger partial charge on any atom is 0.262 e. The molecule has 2 heterocycles. The molecule has 0 radical (unpaired) electrons. The van der Waals surface area contributed by atoms with Crippen molar-refractivity contribution in [1.29, 1.82) is 0 Å². The summed E-state index contributed by atoms with van der Waals surface area (Å²) in [4.78, 5) is 14.8. The summed E-state index contributed by atoms with van der Waals surface area (Å²) in [5, 5.41) is 33.9. The van der Waals surface area contributed by atoms with Crippen molar-refractivity contribution in [3.63, 3.8) is 0 Å². The number of hydrogen-bond acceptors (Lipinski definition) is 8. The first kappa shape index (κ1) is 27.0. The topological polar surface area (TPSA) is 124 Å². The molecule has 1 fully saturated rings. The fourth-order valence-electron chi connectivity index (χ4n) is 4.47. The number of amides is 1. The third-order valence-corrected chi connectivity index (χ3v) is 7.09. The molecule has 2 aromatic carbocycles. The number of nitrogens with zero attached hydrogens (tertiary/aromatic N) is 1. The van der Waals surface area contributed by atoms with Gasteiger partial charge in [0.1, 0.15) is 29.7 Å². The van der Waals surface area contributed by atoms with Crippen LogP contribution in [0.5, 0.6) is 17.2 Å². The lowest BCUT2D eigenvalue weighted by atomic mass is 9.97. The maximum absolute atomic E-state index is 13.5. The molecule has 1 atom stereocenters. The van der Waals surface area contributed by atoms with Gasteiger partial charge in [0.25, 0.3) is 5.91 Å². The van der Waals surface area contributed by atoms with Crippen LogP contribution >= 0.6 is 0 Å². The zero-order valence-electron chi connectivity index (χ0n) is 22.4. The second-order valence-electron chi connectivity index (χ2n) is 11.6. The average Bonchev–Trinajstić information content (AvgIpc) is 3.43. The van der Waals surface area contributed by atoms with Gasteiger partial charge in [0.05, 0.1) is 46.5 Å². The Hall–Kier alpha value is -3.01. The molecule has 0 bridgehead atoms. The highest BCUT2D eigenvalue weighted by Gasteiger charge is 2.47. The monoisotopic (exact) mass is 514 g/mol. The molecule has 2 aliphatic rings. The van der Waals surface area contributed by atoms with Crippen LogP contribution < -0.4 is 10.2 Å². The molecule has 1 unspecified atom stereocenters. The molecule has 1 saturated heterocycles. The van der Waals surface area contributed by atoms with Crippen LogP contribution in [-0.4, -0.2) is 57.5 Å². The number of phenolic OH excluding ortho intramolecular Hbond substituents is 3. The van der Waals surface area contributed by atoms with Crippen molar-refractivity contribution in [3.8, 4) is 17.2 Å². The van der Waals surface area contributed by atoms with E-state index in [1.807, 2.05) is 13.8 Å². The number of carbonyl (C=O) groups is 1. The first-order valence-corrected chi connectivity index (χ1v) is 12.6. The second kappa shape index (κ2) is 9.70. The second-order valence-corrected chi connectivity index (χ2v) is 11.6. The van der Waals surface area contributed by atoms with Crippen LogP contribution in [0.2, 0.25) is 0 Å². The Morgan fingerprint density at radius 1 is 1.00 bits per heavy atom. The Kier molecular flexibility index (Phi) is 7.09. The van der Waals surface area contributed by atoms with Crippen LogP contribution in [0.25, 0.3) is 0 Å². The van der Waals surface area contributed by atoms with Gasteiger partial charge in [-0.25, -0.2) is 0 Å². The highest BCUT2D eigenvalue weighted by Crippen LogP contribution is 2.46. The van der Waals surface area contributed by atoms with Gasteiger partial charge in [-0.3, -0.25) is 9.69 Å². The number of anilines is 3. The van der Waals surface area contributed by atoms with Crippen LogP contribution in [0.4, 0.5) is 17.1 Å². The molecular weight excluding hydrogens is 476 g/mol. The van der Waals surface area contributed by atoms with Gasteiger partial charge in [0.15, 0.2) is 0 Å². The van der Waals surface area contributed by atoms with Gasteiger partial charge in [0, 0.05) is 12.1 Å². The van der Waals surface area contributed by atoms with Gasteiger partial charge in [0.2, 0.25) is 0 Å². The van der Waals surface area contributed by atoms with E-state index in [2.05, 4.69) is 33.0 Å². The normalized spacial score (nSPS) is 18.6. The molecule has 2 aromatic rings. The number of rotatable bonds is 10. The number of aromatic hydroxyl groups is 3. The average molecular weight is 515 g/mol. The summed E-state index contributed by atoms with van der Waals surface area (Å²) in [7, 11) is 0. The van der Waals surface area contributed by atoms with Crippen molar-refractivity contribution in [1.82, 2.24) is 0 Å². The van der Waals surface area contributed by atoms with Gasteiger partial charge in [-0.05, 0) is 72.9 Å². The number of benzene rings is 2. The third kappa shape index (κ3) is 6.11. The zero-order chi connectivity index (χ0) is 27.2. The minimum atomic E-state index is -0.640.